The molecule has 0 bridgehead atoms. The van der Waals surface area contributed by atoms with Crippen LogP contribution in [-0.2, 0) is 0 Å². The first-order chi connectivity index (χ1) is 16.5. The van der Waals surface area contributed by atoms with E-state index in [1.807, 2.05) is 51.2 Å². The van der Waals surface area contributed by atoms with Gasteiger partial charge in [-0.25, -0.2) is 14.8 Å². The van der Waals surface area contributed by atoms with Crippen molar-refractivity contribution in [2.45, 2.75) is 26.3 Å². The van der Waals surface area contributed by atoms with Crippen LogP contribution in [0.4, 0.5) is 22.0 Å². The van der Waals surface area contributed by atoms with Gasteiger partial charge in [0.1, 0.15) is 0 Å². The molecule has 1 aliphatic heterocycles. The first kappa shape index (κ1) is 21.6. The molecule has 34 heavy (non-hydrogen) atoms. The molecule has 0 unspecified atom stereocenters. The second-order valence-electron chi connectivity index (χ2n) is 8.41. The number of carbonyl (C=O) groups excluding carboxylic acids is 1. The summed E-state index contributed by atoms with van der Waals surface area (Å²) < 4.78 is 5.36. The van der Waals surface area contributed by atoms with E-state index in [4.69, 9.17) is 9.40 Å². The van der Waals surface area contributed by atoms with Gasteiger partial charge in [0.25, 0.3) is 0 Å². The van der Waals surface area contributed by atoms with Gasteiger partial charge in [-0.05, 0) is 50.6 Å². The number of pyridine rings is 3. The number of fused-ring (bicyclic) bond motifs is 1. The van der Waals surface area contributed by atoms with Crippen molar-refractivity contribution in [2.24, 2.45) is 0 Å². The van der Waals surface area contributed by atoms with E-state index in [-0.39, 0.29) is 12.1 Å². The van der Waals surface area contributed by atoms with Gasteiger partial charge in [0, 0.05) is 48.8 Å². The van der Waals surface area contributed by atoms with Gasteiger partial charge in [-0.2, -0.15) is 0 Å². The molecule has 0 spiro atoms. The molecule has 9 nitrogen and oxygen atoms in total. The topological polar surface area (TPSA) is 100 Å². The molecule has 1 aliphatic rings. The van der Waals surface area contributed by atoms with E-state index < -0.39 is 0 Å². The van der Waals surface area contributed by atoms with Crippen LogP contribution < -0.4 is 15.1 Å². The Bertz CT molecular complexity index is 1320. The summed E-state index contributed by atoms with van der Waals surface area (Å²) in [6.07, 6.45) is 8.82. The summed E-state index contributed by atoms with van der Waals surface area (Å²) in [4.78, 5) is 34.9. The highest BCUT2D eigenvalue weighted by Gasteiger charge is 2.30. The molecule has 0 fully saturated rings. The van der Waals surface area contributed by atoms with Crippen LogP contribution in [0.15, 0.2) is 65.9 Å². The zero-order valence-corrected chi connectivity index (χ0v) is 19.3. The third-order valence-electron chi connectivity index (χ3n) is 5.93. The molecule has 0 radical (unpaired) electrons. The van der Waals surface area contributed by atoms with Gasteiger partial charge in [0.05, 0.1) is 29.5 Å². The number of carbonyl (C=O) groups is 1. The number of anilines is 3. The van der Waals surface area contributed by atoms with Gasteiger partial charge in [-0.3, -0.25) is 14.9 Å². The molecule has 2 amide bonds. The van der Waals surface area contributed by atoms with Gasteiger partial charge in [0.2, 0.25) is 0 Å². The Morgan fingerprint density at radius 2 is 2.00 bits per heavy atom. The van der Waals surface area contributed by atoms with Crippen molar-refractivity contribution in [2.75, 3.05) is 28.7 Å². The molecule has 1 atom stereocenters. The second-order valence-corrected chi connectivity index (χ2v) is 8.41. The summed E-state index contributed by atoms with van der Waals surface area (Å²) in [6, 6.07) is 9.41. The minimum Gasteiger partial charge on any atom is -0.443 e. The molecule has 5 heterocycles. The van der Waals surface area contributed by atoms with Gasteiger partial charge >= 0.3 is 6.03 Å². The summed E-state index contributed by atoms with van der Waals surface area (Å²) in [5.74, 6) is 1.20. The molecule has 1 N–H and O–H groups in total. The fraction of sp³-hybridized carbons (Fsp3) is 0.240. The molecule has 5 rings (SSSR count). The van der Waals surface area contributed by atoms with Crippen LogP contribution in [0.5, 0.6) is 0 Å². The van der Waals surface area contributed by atoms with Crippen molar-refractivity contribution < 1.29 is 9.21 Å². The Morgan fingerprint density at radius 1 is 1.12 bits per heavy atom. The number of nitrogens with one attached hydrogen (secondary N) is 1. The van der Waals surface area contributed by atoms with E-state index in [0.29, 0.717) is 17.3 Å². The van der Waals surface area contributed by atoms with Crippen LogP contribution in [-0.4, -0.2) is 45.6 Å². The molecular weight excluding hydrogens is 430 g/mol. The number of hydrogen-bond acceptors (Lipinski definition) is 7. The van der Waals surface area contributed by atoms with E-state index in [1.165, 1.54) is 6.39 Å². The zero-order chi connectivity index (χ0) is 23.7. The smallest absolute Gasteiger partial charge is 0.327 e. The summed E-state index contributed by atoms with van der Waals surface area (Å²) in [6.45, 7) is 4.80. The Labute approximate surface area is 197 Å². The summed E-state index contributed by atoms with van der Waals surface area (Å²) in [7, 11) is 2.02. The van der Waals surface area contributed by atoms with Crippen LogP contribution >= 0.6 is 0 Å². The van der Waals surface area contributed by atoms with E-state index in [0.717, 1.165) is 41.2 Å². The number of hydrogen-bond donors (Lipinski definition) is 1. The van der Waals surface area contributed by atoms with Crippen molar-refractivity contribution in [1.82, 2.24) is 19.9 Å². The Balaban J connectivity index is 1.51. The van der Waals surface area contributed by atoms with Gasteiger partial charge in [-0.1, -0.05) is 0 Å². The maximum absolute atomic E-state index is 13.6. The maximum atomic E-state index is 13.6. The molecule has 9 heteroatoms. The minimum absolute atomic E-state index is 0.0592. The first-order valence-corrected chi connectivity index (χ1v) is 11.1. The lowest BCUT2D eigenvalue weighted by atomic mass is 10.1. The maximum Gasteiger partial charge on any atom is 0.327 e. The fourth-order valence-corrected chi connectivity index (χ4v) is 4.10. The summed E-state index contributed by atoms with van der Waals surface area (Å²) in [5.41, 5.74) is 4.85. The predicted molar refractivity (Wildman–Crippen MR) is 131 cm³/mol. The molecule has 0 saturated heterocycles. The van der Waals surface area contributed by atoms with Crippen molar-refractivity contribution in [3.63, 3.8) is 0 Å². The van der Waals surface area contributed by atoms with Crippen molar-refractivity contribution in [1.29, 1.82) is 0 Å². The average molecular weight is 456 g/mol. The minimum atomic E-state index is -0.267. The van der Waals surface area contributed by atoms with Crippen molar-refractivity contribution in [3.05, 3.63) is 67.2 Å². The molecule has 4 aromatic rings. The standard InChI is InChI=1S/C25H25N7O2/c1-16-10-18(6-8-28-16)21-4-5-22-24(30-21)32(17(2)7-9-31(22)3)25(33)29-20-11-19(12-26-13-20)23-14-27-15-34-23/h4-6,8,10-15,17H,7,9H2,1-3H3,(H,29,33)/t17-/m1/s1. The van der Waals surface area contributed by atoms with Crippen molar-refractivity contribution >= 4 is 23.2 Å². The van der Waals surface area contributed by atoms with Gasteiger partial charge in [0.15, 0.2) is 18.0 Å². The first-order valence-electron chi connectivity index (χ1n) is 11.1. The van der Waals surface area contributed by atoms with E-state index in [1.54, 1.807) is 29.7 Å². The van der Waals surface area contributed by atoms with Crippen molar-refractivity contribution in [3.8, 4) is 22.6 Å². The number of oxazole rings is 1. The monoisotopic (exact) mass is 455 g/mol. The van der Waals surface area contributed by atoms with Gasteiger partial charge in [-0.15, -0.1) is 0 Å². The summed E-state index contributed by atoms with van der Waals surface area (Å²) in [5, 5.41) is 2.99. The number of aryl methyl sites for hydroxylation is 1. The van der Waals surface area contributed by atoms with E-state index in [9.17, 15) is 4.79 Å². The lowest BCUT2D eigenvalue weighted by Gasteiger charge is -2.28. The van der Waals surface area contributed by atoms with Crippen LogP contribution in [0.25, 0.3) is 22.6 Å². The normalized spacial score (nSPS) is 15.6. The number of amides is 2. The van der Waals surface area contributed by atoms with Gasteiger partial charge < -0.3 is 14.6 Å². The predicted octanol–water partition coefficient (Wildman–Crippen LogP) is 4.77. The third-order valence-corrected chi connectivity index (χ3v) is 5.93. The third kappa shape index (κ3) is 4.19. The second kappa shape index (κ2) is 8.93. The van der Waals surface area contributed by atoms with E-state index in [2.05, 4.69) is 25.2 Å². The zero-order valence-electron chi connectivity index (χ0n) is 19.3. The number of nitrogens with zero attached hydrogens (tertiary/aromatic N) is 6. The molecule has 4 aromatic heterocycles. The van der Waals surface area contributed by atoms with Crippen LogP contribution in [0.1, 0.15) is 19.0 Å². The largest absolute Gasteiger partial charge is 0.443 e. The number of aromatic nitrogens is 4. The Morgan fingerprint density at radius 3 is 2.79 bits per heavy atom. The van der Waals surface area contributed by atoms with E-state index >= 15 is 0 Å². The highest BCUT2D eigenvalue weighted by Crippen LogP contribution is 2.35. The molecule has 0 saturated carbocycles. The van der Waals surface area contributed by atoms with Crippen LogP contribution in [0.3, 0.4) is 0 Å². The Hall–Kier alpha value is -4.27. The summed E-state index contributed by atoms with van der Waals surface area (Å²) >= 11 is 0. The highest BCUT2D eigenvalue weighted by atomic mass is 16.3. The quantitative estimate of drug-likeness (QED) is 0.475. The average Bonchev–Trinajstić information content (AvgIpc) is 3.34. The van der Waals surface area contributed by atoms with Crippen LogP contribution in [0, 0.1) is 6.92 Å². The highest BCUT2D eigenvalue weighted by molar-refractivity contribution is 6.04. The molecular formula is C25H25N7O2. The Kier molecular flexibility index (Phi) is 5.67. The lowest BCUT2D eigenvalue weighted by Crippen LogP contribution is -2.42. The SMILES string of the molecule is Cc1cc(-c2ccc3c(n2)N(C(=O)Nc2cncc(-c4cnco4)c2)[C@H](C)CCN3C)ccn1. The molecule has 172 valence electrons. The lowest BCUT2D eigenvalue weighted by molar-refractivity contribution is 0.255. The number of rotatable bonds is 3. The fourth-order valence-electron chi connectivity index (χ4n) is 4.10. The molecule has 0 aromatic carbocycles. The molecule has 0 aliphatic carbocycles. The number of urea groups is 1. The van der Waals surface area contributed by atoms with Crippen LogP contribution in [0.2, 0.25) is 0 Å².